The van der Waals surface area contributed by atoms with Gasteiger partial charge in [0, 0.05) is 42.7 Å². The third kappa shape index (κ3) is 9.41. The largest absolute Gasteiger partial charge is 0.506 e. The Bertz CT molecular complexity index is 2110. The monoisotopic (exact) mass is 801 g/mol. The molecule has 4 aliphatic rings. The second-order valence-electron chi connectivity index (χ2n) is 15.6. The van der Waals surface area contributed by atoms with Crippen molar-refractivity contribution in [3.05, 3.63) is 98.3 Å². The van der Waals surface area contributed by atoms with Crippen LogP contribution in [0.5, 0.6) is 17.2 Å². The maximum absolute atomic E-state index is 14.0. The number of piperidine rings is 3. The predicted octanol–water partition coefficient (Wildman–Crippen LogP) is 6.11. The Kier molecular flexibility index (Phi) is 13.0. The predicted molar refractivity (Wildman–Crippen MR) is 216 cm³/mol. The molecule has 3 saturated heterocycles. The average Bonchev–Trinajstić information content (AvgIpc) is 3.23. The molecule has 13 heteroatoms. The van der Waals surface area contributed by atoms with E-state index >= 15 is 0 Å². The van der Waals surface area contributed by atoms with Gasteiger partial charge >= 0.3 is 11.9 Å². The number of nitrogens with zero attached hydrogens (tertiary/aromatic N) is 1. The summed E-state index contributed by atoms with van der Waals surface area (Å²) in [4.78, 5) is 43.4. The molecule has 4 heterocycles. The van der Waals surface area contributed by atoms with Crippen molar-refractivity contribution >= 4 is 34.4 Å². The summed E-state index contributed by atoms with van der Waals surface area (Å²) in [6, 6.07) is 17.5. The number of methoxy groups -OCH3 is 1. The van der Waals surface area contributed by atoms with Gasteiger partial charge in [-0.2, -0.15) is 0 Å². The van der Waals surface area contributed by atoms with Crippen LogP contribution in [0.3, 0.4) is 0 Å². The van der Waals surface area contributed by atoms with Crippen LogP contribution < -0.4 is 20.3 Å². The van der Waals surface area contributed by atoms with Crippen molar-refractivity contribution < 1.29 is 38.7 Å². The van der Waals surface area contributed by atoms with Crippen molar-refractivity contribution in [2.75, 3.05) is 46.5 Å². The highest BCUT2D eigenvalue weighted by Gasteiger charge is 2.46. The third-order valence-electron chi connectivity index (χ3n) is 11.9. The molecule has 0 radical (unpaired) electrons. The lowest BCUT2D eigenvalue weighted by molar-refractivity contribution is -0.167. The van der Waals surface area contributed by atoms with Crippen LogP contribution in [-0.2, 0) is 37.4 Å². The van der Waals surface area contributed by atoms with Crippen LogP contribution in [0, 0.1) is 5.92 Å². The Balaban J connectivity index is 0.876. The van der Waals surface area contributed by atoms with Crippen molar-refractivity contribution in [2.45, 2.75) is 82.0 Å². The van der Waals surface area contributed by atoms with Gasteiger partial charge in [-0.05, 0) is 92.4 Å². The minimum Gasteiger partial charge on any atom is -0.506 e. The Morgan fingerprint density at radius 3 is 2.60 bits per heavy atom. The number of phenolic OH excluding ortho intramolecular Hbond substituents is 1. The van der Waals surface area contributed by atoms with Gasteiger partial charge in [0.25, 0.3) is 0 Å². The number of aliphatic hydroxyl groups is 1. The number of hydrogen-bond donors (Lipinski definition) is 4. The number of aliphatic hydroxyl groups excluding tert-OH is 1. The molecule has 0 spiro atoms. The van der Waals surface area contributed by atoms with Crippen molar-refractivity contribution in [3.63, 3.8) is 0 Å². The van der Waals surface area contributed by atoms with E-state index in [0.29, 0.717) is 47.6 Å². The SMILES string of the molecule is COc1cc(OCC(=O)OCCCc2cccc(C3(C(=O)O[C@H]4CN5CCC4CC5)CCCCC3)c2)c(Cl)cc1CNC[C@@H](O)c1ccc(O)c2[nH]c(=O)ccc12. The van der Waals surface area contributed by atoms with E-state index in [9.17, 15) is 24.6 Å². The summed E-state index contributed by atoms with van der Waals surface area (Å²) < 4.78 is 23.1. The molecule has 4 aromatic rings. The molecule has 0 unspecified atom stereocenters. The van der Waals surface area contributed by atoms with Gasteiger partial charge in [-0.15, -0.1) is 0 Å². The Morgan fingerprint density at radius 2 is 1.84 bits per heavy atom. The number of benzene rings is 3. The second-order valence-corrected chi connectivity index (χ2v) is 16.0. The van der Waals surface area contributed by atoms with Crippen molar-refractivity contribution in [1.82, 2.24) is 15.2 Å². The fourth-order valence-corrected chi connectivity index (χ4v) is 8.98. The maximum Gasteiger partial charge on any atom is 0.344 e. The molecule has 304 valence electrons. The summed E-state index contributed by atoms with van der Waals surface area (Å²) in [6.07, 6.45) is 7.32. The lowest BCUT2D eigenvalue weighted by atomic mass is 9.69. The van der Waals surface area contributed by atoms with Gasteiger partial charge in [0.15, 0.2) is 6.61 Å². The molecule has 8 rings (SSSR count). The number of nitrogens with one attached hydrogen (secondary N) is 2. The lowest BCUT2D eigenvalue weighted by Gasteiger charge is -2.45. The van der Waals surface area contributed by atoms with Crippen LogP contribution in [0.1, 0.15) is 79.7 Å². The van der Waals surface area contributed by atoms with Gasteiger partial charge < -0.3 is 39.5 Å². The van der Waals surface area contributed by atoms with E-state index in [0.717, 1.165) is 75.7 Å². The number of aromatic amines is 1. The zero-order chi connectivity index (χ0) is 39.9. The minimum absolute atomic E-state index is 0.0102. The van der Waals surface area contributed by atoms with E-state index in [4.69, 9.17) is 30.5 Å². The summed E-state index contributed by atoms with van der Waals surface area (Å²) in [5, 5.41) is 25.1. The number of aryl methyl sites for hydroxylation is 1. The summed E-state index contributed by atoms with van der Waals surface area (Å²) in [5.41, 5.74) is 2.67. The highest BCUT2D eigenvalue weighted by molar-refractivity contribution is 6.32. The van der Waals surface area contributed by atoms with E-state index < -0.39 is 17.5 Å². The number of hydrogen-bond acceptors (Lipinski definition) is 11. The number of carbonyl (C=O) groups excluding carboxylic acids is 2. The van der Waals surface area contributed by atoms with E-state index in [2.05, 4.69) is 33.4 Å². The molecule has 1 aliphatic carbocycles. The van der Waals surface area contributed by atoms with Crippen LogP contribution >= 0.6 is 11.6 Å². The average molecular weight is 802 g/mol. The van der Waals surface area contributed by atoms with Crippen LogP contribution in [0.25, 0.3) is 10.9 Å². The zero-order valence-corrected chi connectivity index (χ0v) is 33.2. The first-order chi connectivity index (χ1) is 27.6. The molecular weight excluding hydrogens is 750 g/mol. The number of pyridine rings is 1. The number of fused-ring (bicyclic) bond motifs is 4. The first-order valence-corrected chi connectivity index (χ1v) is 20.4. The van der Waals surface area contributed by atoms with Crippen molar-refractivity contribution in [3.8, 4) is 17.2 Å². The molecule has 57 heavy (non-hydrogen) atoms. The fraction of sp³-hybridized carbons (Fsp3) is 0.477. The van der Waals surface area contributed by atoms with Gasteiger partial charge in [-0.1, -0.05) is 61.2 Å². The van der Waals surface area contributed by atoms with E-state index in [1.807, 2.05) is 6.07 Å². The topological polar surface area (TPSA) is 160 Å². The number of phenols is 1. The number of aromatic hydroxyl groups is 1. The molecular formula is C44H52ClN3O9. The summed E-state index contributed by atoms with van der Waals surface area (Å²) in [7, 11) is 1.51. The molecule has 0 amide bonds. The lowest BCUT2D eigenvalue weighted by Crippen LogP contribution is -2.53. The Hall–Kier alpha value is -4.62. The number of carbonyl (C=O) groups is 2. The molecule has 3 aliphatic heterocycles. The molecule has 2 bridgehead atoms. The standard InChI is InChI=1S/C44H52ClN3O9/c1-54-37-23-38(34(45)22-30(37)24-46-25-36(50)32-10-12-35(49)42-33(32)11-13-40(51)47-42)56-27-41(52)55-20-6-8-28-7-5-9-31(21-28)44(16-3-2-4-17-44)43(53)57-39-26-48-18-14-29(39)15-19-48/h5,7,9-13,21-23,29,36,39,46,49-50H,2-4,6,8,14-20,24-27H2,1H3,(H,47,51)/t36-,39+/m1/s1. The van der Waals surface area contributed by atoms with E-state index in [1.54, 1.807) is 24.3 Å². The van der Waals surface area contributed by atoms with Crippen molar-refractivity contribution in [2.24, 2.45) is 5.92 Å². The van der Waals surface area contributed by atoms with Gasteiger partial charge in [0.2, 0.25) is 5.56 Å². The molecule has 2 atom stereocenters. The number of halogens is 1. The molecule has 4 N–H and O–H groups in total. The number of aromatic nitrogens is 1. The number of H-pyrrole nitrogens is 1. The normalized spacial score (nSPS) is 20.5. The van der Waals surface area contributed by atoms with Gasteiger partial charge in [-0.25, -0.2) is 4.79 Å². The number of ether oxygens (including phenoxy) is 4. The number of esters is 2. The van der Waals surface area contributed by atoms with E-state index in [-0.39, 0.29) is 59.4 Å². The molecule has 12 nitrogen and oxygen atoms in total. The number of rotatable bonds is 16. The smallest absolute Gasteiger partial charge is 0.344 e. The molecule has 4 fully saturated rings. The van der Waals surface area contributed by atoms with Crippen LogP contribution in [0.2, 0.25) is 5.02 Å². The molecule has 1 saturated carbocycles. The first-order valence-electron chi connectivity index (χ1n) is 20.0. The summed E-state index contributed by atoms with van der Waals surface area (Å²) in [5.74, 6) is 0.537. The quantitative estimate of drug-likeness (QED) is 0.0765. The van der Waals surface area contributed by atoms with Crippen LogP contribution in [-0.4, -0.2) is 84.6 Å². The van der Waals surface area contributed by atoms with Gasteiger partial charge in [-0.3, -0.25) is 14.5 Å². The summed E-state index contributed by atoms with van der Waals surface area (Å²) >= 11 is 6.53. The highest BCUT2D eigenvalue weighted by atomic mass is 35.5. The van der Waals surface area contributed by atoms with Crippen LogP contribution in [0.4, 0.5) is 0 Å². The second kappa shape index (κ2) is 18.3. The fourth-order valence-electron chi connectivity index (χ4n) is 8.74. The maximum atomic E-state index is 14.0. The van der Waals surface area contributed by atoms with E-state index in [1.165, 1.54) is 19.2 Å². The van der Waals surface area contributed by atoms with Gasteiger partial charge in [0.05, 0.1) is 35.8 Å². The van der Waals surface area contributed by atoms with Crippen molar-refractivity contribution in [1.29, 1.82) is 0 Å². The Morgan fingerprint density at radius 1 is 1.04 bits per heavy atom. The molecule has 1 aromatic heterocycles. The molecule has 3 aromatic carbocycles. The van der Waals surface area contributed by atoms with Gasteiger partial charge in [0.1, 0.15) is 23.4 Å². The highest BCUT2D eigenvalue weighted by Crippen LogP contribution is 2.42. The summed E-state index contributed by atoms with van der Waals surface area (Å²) in [6.45, 7) is 3.39. The minimum atomic E-state index is -0.942. The zero-order valence-electron chi connectivity index (χ0n) is 32.4. The van der Waals surface area contributed by atoms with Crippen LogP contribution in [0.15, 0.2) is 65.5 Å². The first kappa shape index (κ1) is 40.6. The Labute approximate surface area is 337 Å². The third-order valence-corrected chi connectivity index (χ3v) is 12.2.